The molecule has 0 saturated carbocycles. The highest BCUT2D eigenvalue weighted by molar-refractivity contribution is 9.10. The number of anilines is 1. The van der Waals surface area contributed by atoms with Crippen LogP contribution in [0.5, 0.6) is 0 Å². The van der Waals surface area contributed by atoms with Crippen molar-refractivity contribution in [2.45, 2.75) is 46.2 Å². The third-order valence-electron chi connectivity index (χ3n) is 5.26. The molecule has 2 aromatic rings. The predicted octanol–water partition coefficient (Wildman–Crippen LogP) is 3.86. The van der Waals surface area contributed by atoms with Crippen molar-refractivity contribution < 1.29 is 18.0 Å². The summed E-state index contributed by atoms with van der Waals surface area (Å²) in [5.74, 6) is -0.725. The molecule has 2 amide bonds. The fourth-order valence-electron chi connectivity index (χ4n) is 3.23. The minimum atomic E-state index is -3.72. The number of nitrogens with zero attached hydrogens (tertiary/aromatic N) is 2. The number of hydrogen-bond acceptors (Lipinski definition) is 4. The molecule has 0 aliphatic heterocycles. The first-order valence-electron chi connectivity index (χ1n) is 10.9. The number of amides is 2. The Labute approximate surface area is 205 Å². The molecule has 0 radical (unpaired) electrons. The number of rotatable bonds is 11. The van der Waals surface area contributed by atoms with Crippen molar-refractivity contribution >= 4 is 43.5 Å². The largest absolute Gasteiger partial charge is 0.354 e. The van der Waals surface area contributed by atoms with E-state index in [1.165, 1.54) is 4.90 Å². The summed E-state index contributed by atoms with van der Waals surface area (Å²) in [4.78, 5) is 27.6. The lowest BCUT2D eigenvalue weighted by Gasteiger charge is -2.31. The number of carbonyl (C=O) groups excluding carboxylic acids is 2. The maximum Gasteiger partial charge on any atom is 0.244 e. The maximum atomic E-state index is 13.4. The Morgan fingerprint density at radius 1 is 1.06 bits per heavy atom. The lowest BCUT2D eigenvalue weighted by Crippen LogP contribution is -2.51. The molecule has 0 heterocycles. The Hall–Kier alpha value is -2.39. The highest BCUT2D eigenvalue weighted by atomic mass is 79.9. The minimum absolute atomic E-state index is 0.181. The smallest absolute Gasteiger partial charge is 0.244 e. The first-order chi connectivity index (χ1) is 15.5. The molecule has 1 atom stereocenters. The monoisotopic (exact) mass is 537 g/mol. The van der Waals surface area contributed by atoms with Gasteiger partial charge in [-0.3, -0.25) is 13.9 Å². The molecule has 33 heavy (non-hydrogen) atoms. The van der Waals surface area contributed by atoms with E-state index in [0.29, 0.717) is 12.2 Å². The van der Waals surface area contributed by atoms with Crippen molar-refractivity contribution in [1.29, 1.82) is 0 Å². The summed E-state index contributed by atoms with van der Waals surface area (Å²) in [6, 6.07) is 13.6. The molecule has 0 spiro atoms. The normalized spacial score (nSPS) is 12.2. The van der Waals surface area contributed by atoms with E-state index < -0.39 is 28.5 Å². The van der Waals surface area contributed by atoms with Gasteiger partial charge in [-0.05, 0) is 50.1 Å². The second-order valence-corrected chi connectivity index (χ2v) is 10.9. The molecule has 0 aliphatic carbocycles. The van der Waals surface area contributed by atoms with Crippen LogP contribution in [0.3, 0.4) is 0 Å². The Balaban J connectivity index is 2.32. The van der Waals surface area contributed by atoms with Gasteiger partial charge in [0.1, 0.15) is 12.6 Å². The number of unbranched alkanes of at least 4 members (excludes halogenated alkanes) is 1. The number of hydrogen-bond donors (Lipinski definition) is 1. The van der Waals surface area contributed by atoms with E-state index in [9.17, 15) is 18.0 Å². The highest BCUT2D eigenvalue weighted by Gasteiger charge is 2.29. The zero-order valence-electron chi connectivity index (χ0n) is 19.5. The SMILES string of the molecule is CCCCNC(=O)C(C)N(Cc1ccc(Br)cc1)C(=O)CN(c1ccc(C)cc1)S(C)(=O)=O. The fourth-order valence-corrected chi connectivity index (χ4v) is 4.34. The molecule has 0 fully saturated rings. The van der Waals surface area contributed by atoms with Gasteiger partial charge in [-0.2, -0.15) is 0 Å². The van der Waals surface area contributed by atoms with Gasteiger partial charge in [-0.15, -0.1) is 0 Å². The van der Waals surface area contributed by atoms with Gasteiger partial charge < -0.3 is 10.2 Å². The van der Waals surface area contributed by atoms with Crippen LogP contribution in [0, 0.1) is 6.92 Å². The van der Waals surface area contributed by atoms with E-state index in [0.717, 1.165) is 39.0 Å². The molecule has 0 bridgehead atoms. The number of halogens is 1. The lowest BCUT2D eigenvalue weighted by molar-refractivity contribution is -0.139. The molecular weight excluding hydrogens is 506 g/mol. The van der Waals surface area contributed by atoms with E-state index in [-0.39, 0.29) is 12.5 Å². The number of carbonyl (C=O) groups is 2. The second kappa shape index (κ2) is 12.2. The quantitative estimate of drug-likeness (QED) is 0.441. The summed E-state index contributed by atoms with van der Waals surface area (Å²) >= 11 is 3.40. The third-order valence-corrected chi connectivity index (χ3v) is 6.93. The zero-order chi connectivity index (χ0) is 24.6. The summed E-state index contributed by atoms with van der Waals surface area (Å²) in [6.07, 6.45) is 2.85. The first-order valence-corrected chi connectivity index (χ1v) is 13.5. The molecule has 2 rings (SSSR count). The van der Waals surface area contributed by atoms with Crippen LogP contribution >= 0.6 is 15.9 Å². The van der Waals surface area contributed by atoms with Gasteiger partial charge in [0, 0.05) is 17.6 Å². The molecule has 0 aromatic heterocycles. The molecule has 0 aliphatic rings. The van der Waals surface area contributed by atoms with Gasteiger partial charge in [-0.1, -0.05) is 59.1 Å². The minimum Gasteiger partial charge on any atom is -0.354 e. The van der Waals surface area contributed by atoms with Crippen LogP contribution in [0.25, 0.3) is 0 Å². The number of aryl methyl sites for hydroxylation is 1. The molecule has 1 N–H and O–H groups in total. The van der Waals surface area contributed by atoms with Gasteiger partial charge >= 0.3 is 0 Å². The Morgan fingerprint density at radius 2 is 1.67 bits per heavy atom. The topological polar surface area (TPSA) is 86.8 Å². The van der Waals surface area contributed by atoms with Crippen molar-refractivity contribution in [1.82, 2.24) is 10.2 Å². The standard InChI is InChI=1S/C24H32BrN3O4S/c1-5-6-15-26-24(30)19(3)27(16-20-9-11-21(25)12-10-20)23(29)17-28(33(4,31)32)22-13-7-18(2)8-14-22/h7-14,19H,5-6,15-17H2,1-4H3,(H,26,30). The van der Waals surface area contributed by atoms with Crippen molar-refractivity contribution in [2.24, 2.45) is 0 Å². The van der Waals surface area contributed by atoms with E-state index in [1.54, 1.807) is 31.2 Å². The van der Waals surface area contributed by atoms with Crippen LogP contribution in [0.15, 0.2) is 53.0 Å². The maximum absolute atomic E-state index is 13.4. The first kappa shape index (κ1) is 26.9. The van der Waals surface area contributed by atoms with Crippen LogP contribution in [-0.2, 0) is 26.2 Å². The highest BCUT2D eigenvalue weighted by Crippen LogP contribution is 2.20. The summed E-state index contributed by atoms with van der Waals surface area (Å²) in [6.45, 7) is 5.90. The molecule has 0 saturated heterocycles. The van der Waals surface area contributed by atoms with E-state index in [1.807, 2.05) is 38.1 Å². The van der Waals surface area contributed by atoms with Gasteiger partial charge in [0.2, 0.25) is 21.8 Å². The fraction of sp³-hybridized carbons (Fsp3) is 0.417. The van der Waals surface area contributed by atoms with Gasteiger partial charge in [0.05, 0.1) is 11.9 Å². The van der Waals surface area contributed by atoms with E-state index in [2.05, 4.69) is 21.2 Å². The van der Waals surface area contributed by atoms with Gasteiger partial charge in [0.15, 0.2) is 0 Å². The van der Waals surface area contributed by atoms with Crippen molar-refractivity contribution in [2.75, 3.05) is 23.7 Å². The van der Waals surface area contributed by atoms with Crippen LogP contribution in [-0.4, -0.2) is 50.5 Å². The summed E-state index contributed by atoms with van der Waals surface area (Å²) in [5, 5.41) is 2.86. The van der Waals surface area contributed by atoms with Crippen molar-refractivity contribution in [3.63, 3.8) is 0 Å². The Bertz CT molecular complexity index is 1040. The second-order valence-electron chi connectivity index (χ2n) is 8.07. The van der Waals surface area contributed by atoms with E-state index >= 15 is 0 Å². The lowest BCUT2D eigenvalue weighted by atomic mass is 10.1. The Kier molecular flexibility index (Phi) is 9.91. The zero-order valence-corrected chi connectivity index (χ0v) is 21.9. The average Bonchev–Trinajstić information content (AvgIpc) is 2.76. The molecule has 2 aromatic carbocycles. The molecule has 1 unspecified atom stereocenters. The van der Waals surface area contributed by atoms with Crippen LogP contribution in [0.2, 0.25) is 0 Å². The number of sulfonamides is 1. The van der Waals surface area contributed by atoms with E-state index in [4.69, 9.17) is 0 Å². The Morgan fingerprint density at radius 3 is 2.21 bits per heavy atom. The summed E-state index contributed by atoms with van der Waals surface area (Å²) < 4.78 is 27.0. The van der Waals surface area contributed by atoms with Crippen LogP contribution in [0.1, 0.15) is 37.8 Å². The van der Waals surface area contributed by atoms with Gasteiger partial charge in [0.25, 0.3) is 0 Å². The molecule has 7 nitrogen and oxygen atoms in total. The molecule has 180 valence electrons. The van der Waals surface area contributed by atoms with Crippen LogP contribution < -0.4 is 9.62 Å². The number of benzene rings is 2. The van der Waals surface area contributed by atoms with Gasteiger partial charge in [-0.25, -0.2) is 8.42 Å². The van der Waals surface area contributed by atoms with Crippen LogP contribution in [0.4, 0.5) is 5.69 Å². The van der Waals surface area contributed by atoms with Crippen molar-refractivity contribution in [3.8, 4) is 0 Å². The molecule has 9 heteroatoms. The summed E-state index contributed by atoms with van der Waals surface area (Å²) in [5.41, 5.74) is 2.22. The number of nitrogens with one attached hydrogen (secondary N) is 1. The van der Waals surface area contributed by atoms with Crippen molar-refractivity contribution in [3.05, 3.63) is 64.1 Å². The molecular formula is C24H32BrN3O4S. The summed E-state index contributed by atoms with van der Waals surface area (Å²) in [7, 11) is -3.72. The average molecular weight is 539 g/mol. The predicted molar refractivity (Wildman–Crippen MR) is 135 cm³/mol. The third kappa shape index (κ3) is 8.16.